The summed E-state index contributed by atoms with van der Waals surface area (Å²) in [7, 11) is 4.45. The fraction of sp³-hybridized carbons (Fsp3) is 0.625. The topological polar surface area (TPSA) is 3.24 Å². The van der Waals surface area contributed by atoms with Gasteiger partial charge in [0.1, 0.15) is 0 Å². The van der Waals surface area contributed by atoms with Crippen molar-refractivity contribution in [1.29, 1.82) is 0 Å². The van der Waals surface area contributed by atoms with Gasteiger partial charge in [-0.25, -0.2) is 0 Å². The fourth-order valence-electron chi connectivity index (χ4n) is 3.25. The Labute approximate surface area is 113 Å². The lowest BCUT2D eigenvalue weighted by Crippen LogP contribution is -2.36. The van der Waals surface area contributed by atoms with Gasteiger partial charge >= 0.3 is 0 Å². The smallest absolute Gasteiger partial charge is 0.00952 e. The Morgan fingerprint density at radius 2 is 1.83 bits per heavy atom. The highest BCUT2D eigenvalue weighted by Crippen LogP contribution is 2.49. The monoisotopic (exact) mass is 263 g/mol. The van der Waals surface area contributed by atoms with E-state index in [-0.39, 0.29) is 7.92 Å². The third-order valence-corrected chi connectivity index (χ3v) is 7.38. The summed E-state index contributed by atoms with van der Waals surface area (Å²) in [6.45, 7) is 4.88. The van der Waals surface area contributed by atoms with E-state index in [2.05, 4.69) is 62.9 Å². The summed E-state index contributed by atoms with van der Waals surface area (Å²) in [5, 5.41) is 1.58. The highest BCUT2D eigenvalue weighted by Gasteiger charge is 2.35. The zero-order valence-electron chi connectivity index (χ0n) is 12.1. The second-order valence-electron chi connectivity index (χ2n) is 5.81. The molecule has 18 heavy (non-hydrogen) atoms. The lowest BCUT2D eigenvalue weighted by molar-refractivity contribution is 0.232. The summed E-state index contributed by atoms with van der Waals surface area (Å²) in [6.07, 6.45) is 4.27. The van der Waals surface area contributed by atoms with Crippen LogP contribution in [0.25, 0.3) is 0 Å². The number of nitrogens with zero attached hydrogens (tertiary/aromatic N) is 1. The molecule has 1 aromatic carbocycles. The van der Waals surface area contributed by atoms with Crippen molar-refractivity contribution in [2.24, 2.45) is 5.92 Å². The van der Waals surface area contributed by atoms with Gasteiger partial charge in [-0.2, -0.15) is 0 Å². The average molecular weight is 263 g/mol. The summed E-state index contributed by atoms with van der Waals surface area (Å²) >= 11 is 0. The standard InChI is InChI=1S/C16H26NP/c1-13(17(2)3)15-11-8-12-16(15)18(4)14-9-6-5-7-10-14/h5-7,9-10,13,15-16H,8,11-12H2,1-4H3/t13-,15?,16?,18?/m1/s1. The molecular formula is C16H26NP. The molecule has 0 radical (unpaired) electrons. The van der Waals surface area contributed by atoms with E-state index in [1.54, 1.807) is 5.30 Å². The van der Waals surface area contributed by atoms with Crippen LogP contribution >= 0.6 is 7.92 Å². The Hall–Kier alpha value is -0.390. The summed E-state index contributed by atoms with van der Waals surface area (Å²) in [6, 6.07) is 11.9. The van der Waals surface area contributed by atoms with Crippen LogP contribution in [0.4, 0.5) is 0 Å². The van der Waals surface area contributed by atoms with Crippen molar-refractivity contribution in [1.82, 2.24) is 4.90 Å². The molecular weight excluding hydrogens is 237 g/mol. The lowest BCUT2D eigenvalue weighted by Gasteiger charge is -2.34. The fourth-order valence-corrected chi connectivity index (χ4v) is 5.82. The molecule has 0 N–H and O–H groups in total. The van der Waals surface area contributed by atoms with Crippen LogP contribution < -0.4 is 5.30 Å². The molecule has 2 heteroatoms. The molecule has 1 fully saturated rings. The lowest BCUT2D eigenvalue weighted by atomic mass is 9.98. The molecule has 0 bridgehead atoms. The zero-order valence-corrected chi connectivity index (χ0v) is 13.0. The highest BCUT2D eigenvalue weighted by atomic mass is 31.1. The minimum atomic E-state index is 0.000000000000000444. The molecule has 2 rings (SSSR count). The largest absolute Gasteiger partial charge is 0.306 e. The van der Waals surface area contributed by atoms with E-state index < -0.39 is 0 Å². The van der Waals surface area contributed by atoms with E-state index in [0.717, 1.165) is 11.6 Å². The third kappa shape index (κ3) is 2.95. The van der Waals surface area contributed by atoms with E-state index in [0.29, 0.717) is 6.04 Å². The van der Waals surface area contributed by atoms with E-state index in [1.807, 2.05) is 0 Å². The molecule has 0 heterocycles. The molecule has 0 amide bonds. The minimum Gasteiger partial charge on any atom is -0.306 e. The van der Waals surface area contributed by atoms with Gasteiger partial charge in [-0.05, 0) is 57.4 Å². The molecule has 1 nitrogen and oxygen atoms in total. The average Bonchev–Trinajstić information content (AvgIpc) is 2.87. The Bertz CT molecular complexity index is 363. The first-order valence-corrected chi connectivity index (χ1v) is 8.91. The van der Waals surface area contributed by atoms with Crippen molar-refractivity contribution < 1.29 is 0 Å². The first kappa shape index (κ1) is 14.0. The quantitative estimate of drug-likeness (QED) is 0.751. The van der Waals surface area contributed by atoms with Gasteiger partial charge in [0.2, 0.25) is 0 Å². The predicted molar refractivity (Wildman–Crippen MR) is 83.2 cm³/mol. The van der Waals surface area contributed by atoms with Crippen LogP contribution in [0.3, 0.4) is 0 Å². The predicted octanol–water partition coefficient (Wildman–Crippen LogP) is 3.54. The molecule has 0 spiro atoms. The number of hydrogen-bond acceptors (Lipinski definition) is 1. The molecule has 0 aliphatic heterocycles. The first-order chi connectivity index (χ1) is 8.61. The first-order valence-electron chi connectivity index (χ1n) is 7.05. The van der Waals surface area contributed by atoms with Gasteiger partial charge in [-0.1, -0.05) is 44.7 Å². The van der Waals surface area contributed by atoms with Crippen molar-refractivity contribution in [3.63, 3.8) is 0 Å². The van der Waals surface area contributed by atoms with Crippen LogP contribution in [-0.2, 0) is 0 Å². The van der Waals surface area contributed by atoms with Crippen molar-refractivity contribution >= 4 is 13.2 Å². The number of benzene rings is 1. The van der Waals surface area contributed by atoms with Crippen LogP contribution in [0, 0.1) is 5.92 Å². The van der Waals surface area contributed by atoms with Gasteiger partial charge in [0.25, 0.3) is 0 Å². The maximum Gasteiger partial charge on any atom is 0.00952 e. The van der Waals surface area contributed by atoms with E-state index in [9.17, 15) is 0 Å². The SMILES string of the molecule is C[C@H](C1CCCC1P(C)c1ccccc1)N(C)C. The van der Waals surface area contributed by atoms with Crippen LogP contribution in [0.15, 0.2) is 30.3 Å². The van der Waals surface area contributed by atoms with Crippen LogP contribution in [0.1, 0.15) is 26.2 Å². The number of hydrogen-bond donors (Lipinski definition) is 0. The van der Waals surface area contributed by atoms with Crippen molar-refractivity contribution in [2.75, 3.05) is 20.8 Å². The molecule has 1 aliphatic rings. The molecule has 4 atom stereocenters. The van der Waals surface area contributed by atoms with Gasteiger partial charge in [-0.3, -0.25) is 0 Å². The third-order valence-electron chi connectivity index (χ3n) is 4.63. The summed E-state index contributed by atoms with van der Waals surface area (Å²) < 4.78 is 0. The van der Waals surface area contributed by atoms with E-state index in [1.165, 1.54) is 19.3 Å². The second-order valence-corrected chi connectivity index (χ2v) is 8.21. The maximum absolute atomic E-state index is 2.48. The summed E-state index contributed by atoms with van der Waals surface area (Å²) in [5.41, 5.74) is 0.916. The van der Waals surface area contributed by atoms with Crippen LogP contribution in [0.2, 0.25) is 0 Å². The normalized spacial score (nSPS) is 27.4. The Morgan fingerprint density at radius 1 is 1.17 bits per heavy atom. The van der Waals surface area contributed by atoms with E-state index in [4.69, 9.17) is 0 Å². The zero-order chi connectivity index (χ0) is 13.1. The Balaban J connectivity index is 2.12. The summed E-state index contributed by atoms with van der Waals surface area (Å²) in [4.78, 5) is 2.40. The molecule has 100 valence electrons. The van der Waals surface area contributed by atoms with Gasteiger partial charge in [0, 0.05) is 6.04 Å². The second kappa shape index (κ2) is 6.17. The van der Waals surface area contributed by atoms with Gasteiger partial charge < -0.3 is 4.90 Å². The number of rotatable bonds is 4. The van der Waals surface area contributed by atoms with Crippen LogP contribution in [-0.4, -0.2) is 37.4 Å². The molecule has 0 saturated heterocycles. The van der Waals surface area contributed by atoms with Crippen LogP contribution in [0.5, 0.6) is 0 Å². The van der Waals surface area contributed by atoms with Gasteiger partial charge in [0.15, 0.2) is 0 Å². The van der Waals surface area contributed by atoms with Crippen molar-refractivity contribution in [2.45, 2.75) is 37.9 Å². The highest BCUT2D eigenvalue weighted by molar-refractivity contribution is 7.65. The van der Waals surface area contributed by atoms with E-state index >= 15 is 0 Å². The molecule has 0 aromatic heterocycles. The van der Waals surface area contributed by atoms with Crippen molar-refractivity contribution in [3.05, 3.63) is 30.3 Å². The Morgan fingerprint density at radius 3 is 2.44 bits per heavy atom. The molecule has 1 aromatic rings. The molecule has 1 aliphatic carbocycles. The van der Waals surface area contributed by atoms with Gasteiger partial charge in [0.05, 0.1) is 0 Å². The molecule has 3 unspecified atom stereocenters. The minimum absolute atomic E-state index is 0.000000000000000444. The molecule has 1 saturated carbocycles. The summed E-state index contributed by atoms with van der Waals surface area (Å²) in [5.74, 6) is 0.885. The Kier molecular flexibility index (Phi) is 4.81. The maximum atomic E-state index is 2.48. The van der Waals surface area contributed by atoms with Gasteiger partial charge in [-0.15, -0.1) is 0 Å². The van der Waals surface area contributed by atoms with Crippen molar-refractivity contribution in [3.8, 4) is 0 Å².